The molecule has 0 aliphatic rings. The van der Waals surface area contributed by atoms with Crippen LogP contribution in [0.5, 0.6) is 11.5 Å². The number of halogens is 2. The summed E-state index contributed by atoms with van der Waals surface area (Å²) >= 11 is 11.7. The number of anilines is 1. The lowest BCUT2D eigenvalue weighted by atomic mass is 10.1. The molecule has 0 aromatic heterocycles. The van der Waals surface area contributed by atoms with Crippen LogP contribution in [0.3, 0.4) is 0 Å². The summed E-state index contributed by atoms with van der Waals surface area (Å²) in [5.41, 5.74) is 8.84. The van der Waals surface area contributed by atoms with Gasteiger partial charge in [-0.2, -0.15) is 5.10 Å². The standard InChI is InChI=1S/C17H24Cl2N4O5/c1-27-14-9-13(23(5-3-18)6-4-19)15(28-2)7-11(14)10-21-22-16(24)8-12(20)17(25)26/h7,9-10,12H,3-6,8,20H2,1-2H3,(H,22,24)(H,25,26)/b21-10-/t12-/m1/s1. The molecule has 1 aromatic rings. The Kier molecular flexibility index (Phi) is 10.4. The lowest BCUT2D eigenvalue weighted by molar-refractivity contribution is -0.140. The van der Waals surface area contributed by atoms with E-state index in [0.717, 1.165) is 5.69 Å². The molecule has 1 rings (SSSR count). The van der Waals surface area contributed by atoms with Crippen LogP contribution in [-0.4, -0.2) is 68.3 Å². The van der Waals surface area contributed by atoms with E-state index < -0.39 is 24.3 Å². The molecular formula is C17H24Cl2N4O5. The van der Waals surface area contributed by atoms with E-state index in [-0.39, 0.29) is 0 Å². The summed E-state index contributed by atoms with van der Waals surface area (Å²) in [6, 6.07) is 2.17. The van der Waals surface area contributed by atoms with E-state index in [2.05, 4.69) is 10.5 Å². The van der Waals surface area contributed by atoms with Gasteiger partial charge in [-0.05, 0) is 6.07 Å². The Morgan fingerprint density at radius 3 is 2.36 bits per heavy atom. The molecule has 11 heteroatoms. The van der Waals surface area contributed by atoms with Crippen molar-refractivity contribution in [1.82, 2.24) is 5.43 Å². The van der Waals surface area contributed by atoms with Crippen molar-refractivity contribution in [3.63, 3.8) is 0 Å². The van der Waals surface area contributed by atoms with E-state index in [1.807, 2.05) is 4.90 Å². The zero-order chi connectivity index (χ0) is 21.1. The fourth-order valence-electron chi connectivity index (χ4n) is 2.32. The molecule has 1 atom stereocenters. The highest BCUT2D eigenvalue weighted by Crippen LogP contribution is 2.35. The number of nitrogens with two attached hydrogens (primary N) is 1. The smallest absolute Gasteiger partial charge is 0.321 e. The number of hydrogen-bond donors (Lipinski definition) is 3. The first-order chi connectivity index (χ1) is 13.4. The molecule has 0 aliphatic carbocycles. The molecule has 9 nitrogen and oxygen atoms in total. The normalized spacial score (nSPS) is 11.9. The molecule has 0 saturated heterocycles. The molecule has 1 aromatic carbocycles. The van der Waals surface area contributed by atoms with Crippen molar-refractivity contribution < 1.29 is 24.2 Å². The largest absolute Gasteiger partial charge is 0.496 e. The fraction of sp³-hybridized carbons (Fsp3) is 0.471. The van der Waals surface area contributed by atoms with E-state index in [1.165, 1.54) is 20.4 Å². The fourth-order valence-corrected chi connectivity index (χ4v) is 2.72. The van der Waals surface area contributed by atoms with E-state index in [9.17, 15) is 9.59 Å². The number of methoxy groups -OCH3 is 2. The van der Waals surface area contributed by atoms with Gasteiger partial charge in [0.15, 0.2) is 0 Å². The van der Waals surface area contributed by atoms with Gasteiger partial charge in [0.25, 0.3) is 0 Å². The molecule has 1 amide bonds. The van der Waals surface area contributed by atoms with Gasteiger partial charge >= 0.3 is 5.97 Å². The summed E-state index contributed by atoms with van der Waals surface area (Å²) in [6.07, 6.45) is 0.973. The van der Waals surface area contributed by atoms with Gasteiger partial charge in [-0.3, -0.25) is 9.59 Å². The predicted molar refractivity (Wildman–Crippen MR) is 109 cm³/mol. The number of carbonyl (C=O) groups excluding carboxylic acids is 1. The molecular weight excluding hydrogens is 411 g/mol. The van der Waals surface area contributed by atoms with Crippen molar-refractivity contribution in [3.8, 4) is 11.5 Å². The number of carbonyl (C=O) groups is 2. The Bertz CT molecular complexity index is 696. The van der Waals surface area contributed by atoms with Crippen LogP contribution >= 0.6 is 23.2 Å². The number of amides is 1. The van der Waals surface area contributed by atoms with Crippen LogP contribution in [0.25, 0.3) is 0 Å². The van der Waals surface area contributed by atoms with Gasteiger partial charge in [-0.1, -0.05) is 0 Å². The second-order valence-electron chi connectivity index (χ2n) is 5.57. The van der Waals surface area contributed by atoms with Crippen molar-refractivity contribution in [2.24, 2.45) is 10.8 Å². The number of hydrogen-bond acceptors (Lipinski definition) is 7. The van der Waals surface area contributed by atoms with Crippen LogP contribution in [0.1, 0.15) is 12.0 Å². The van der Waals surface area contributed by atoms with Crippen molar-refractivity contribution in [2.45, 2.75) is 12.5 Å². The predicted octanol–water partition coefficient (Wildman–Crippen LogP) is 1.24. The van der Waals surface area contributed by atoms with E-state index in [0.29, 0.717) is 41.9 Å². The minimum atomic E-state index is -1.29. The number of alkyl halides is 2. The number of carboxylic acid groups (broad SMARTS) is 1. The zero-order valence-corrected chi connectivity index (χ0v) is 17.2. The van der Waals surface area contributed by atoms with Crippen LogP contribution in [-0.2, 0) is 9.59 Å². The topological polar surface area (TPSA) is 126 Å². The van der Waals surface area contributed by atoms with Crippen molar-refractivity contribution in [1.29, 1.82) is 0 Å². The third-order valence-electron chi connectivity index (χ3n) is 3.70. The van der Waals surface area contributed by atoms with Gasteiger partial charge < -0.3 is 25.2 Å². The van der Waals surface area contributed by atoms with E-state index >= 15 is 0 Å². The molecule has 0 radical (unpaired) electrons. The molecule has 0 saturated carbocycles. The van der Waals surface area contributed by atoms with Gasteiger partial charge in [-0.15, -0.1) is 23.2 Å². The van der Waals surface area contributed by atoms with Crippen molar-refractivity contribution in [2.75, 3.05) is 44.0 Å². The zero-order valence-electron chi connectivity index (χ0n) is 15.7. The minimum absolute atomic E-state index is 0.391. The molecule has 0 aliphatic heterocycles. The average Bonchev–Trinajstić information content (AvgIpc) is 2.67. The monoisotopic (exact) mass is 434 g/mol. The van der Waals surface area contributed by atoms with Crippen LogP contribution in [0.15, 0.2) is 17.2 Å². The molecule has 0 fully saturated rings. The molecule has 156 valence electrons. The number of ether oxygens (including phenoxy) is 2. The van der Waals surface area contributed by atoms with Gasteiger partial charge in [0.1, 0.15) is 17.5 Å². The summed E-state index contributed by atoms with van der Waals surface area (Å²) < 4.78 is 10.8. The summed E-state index contributed by atoms with van der Waals surface area (Å²) in [4.78, 5) is 24.3. The van der Waals surface area contributed by atoms with E-state index in [4.69, 9.17) is 43.5 Å². The Morgan fingerprint density at radius 2 is 1.86 bits per heavy atom. The minimum Gasteiger partial charge on any atom is -0.496 e. The highest BCUT2D eigenvalue weighted by atomic mass is 35.5. The summed E-state index contributed by atoms with van der Waals surface area (Å²) in [6.45, 7) is 1.14. The first kappa shape index (κ1) is 23.8. The first-order valence-corrected chi connectivity index (χ1v) is 9.38. The third-order valence-corrected chi connectivity index (χ3v) is 4.03. The molecule has 0 heterocycles. The average molecular weight is 435 g/mol. The lowest BCUT2D eigenvalue weighted by Crippen LogP contribution is -2.35. The number of hydrazone groups is 1. The van der Waals surface area contributed by atoms with E-state index in [1.54, 1.807) is 12.1 Å². The number of rotatable bonds is 12. The second kappa shape index (κ2) is 12.3. The van der Waals surface area contributed by atoms with Crippen molar-refractivity contribution >= 4 is 47.0 Å². The Hall–Kier alpha value is -2.23. The summed E-state index contributed by atoms with van der Waals surface area (Å²) in [5.74, 6) is -0.0165. The first-order valence-electron chi connectivity index (χ1n) is 8.31. The lowest BCUT2D eigenvalue weighted by Gasteiger charge is -2.26. The molecule has 4 N–H and O–H groups in total. The maximum absolute atomic E-state index is 11.7. The van der Waals surface area contributed by atoms with Crippen LogP contribution < -0.4 is 25.5 Å². The number of aliphatic carboxylic acids is 1. The SMILES string of the molecule is COc1cc(N(CCCl)CCCl)c(OC)cc1/C=N\NC(=O)C[C@@H](N)C(=O)O. The number of carboxylic acids is 1. The third kappa shape index (κ3) is 7.06. The molecule has 0 spiro atoms. The molecule has 0 unspecified atom stereocenters. The Balaban J connectivity index is 3.03. The number of benzene rings is 1. The van der Waals surface area contributed by atoms with Gasteiger partial charge in [0.05, 0.1) is 32.5 Å². The van der Waals surface area contributed by atoms with Crippen LogP contribution in [0.4, 0.5) is 5.69 Å². The molecule has 28 heavy (non-hydrogen) atoms. The van der Waals surface area contributed by atoms with Crippen molar-refractivity contribution in [3.05, 3.63) is 17.7 Å². The Labute approximate surface area is 173 Å². The van der Waals surface area contributed by atoms with Gasteiger partial charge in [0, 0.05) is 36.5 Å². The van der Waals surface area contributed by atoms with Gasteiger partial charge in [-0.25, -0.2) is 5.43 Å². The quantitative estimate of drug-likeness (QED) is 0.256. The van der Waals surface area contributed by atoms with Crippen LogP contribution in [0.2, 0.25) is 0 Å². The highest BCUT2D eigenvalue weighted by molar-refractivity contribution is 6.18. The summed E-state index contributed by atoms with van der Waals surface area (Å²) in [7, 11) is 3.03. The maximum atomic E-state index is 11.7. The number of nitrogens with one attached hydrogen (secondary N) is 1. The summed E-state index contributed by atoms with van der Waals surface area (Å²) in [5, 5.41) is 12.5. The Morgan fingerprint density at radius 1 is 1.25 bits per heavy atom. The number of nitrogens with zero attached hydrogens (tertiary/aromatic N) is 2. The van der Waals surface area contributed by atoms with Gasteiger partial charge in [0.2, 0.25) is 5.91 Å². The van der Waals surface area contributed by atoms with Crippen LogP contribution in [0, 0.1) is 0 Å². The molecule has 0 bridgehead atoms. The maximum Gasteiger partial charge on any atom is 0.321 e. The highest BCUT2D eigenvalue weighted by Gasteiger charge is 2.17. The second-order valence-corrected chi connectivity index (χ2v) is 6.33.